The molecular formula is C16H23N5O3. The fourth-order valence-corrected chi connectivity index (χ4v) is 3.04. The van der Waals surface area contributed by atoms with Crippen LogP contribution in [0.1, 0.15) is 43.6 Å². The zero-order valence-corrected chi connectivity index (χ0v) is 14.4. The summed E-state index contributed by atoms with van der Waals surface area (Å²) in [5, 5.41) is 3.89. The molecule has 1 saturated heterocycles. The summed E-state index contributed by atoms with van der Waals surface area (Å²) in [5.74, 6) is 2.71. The molecule has 130 valence electrons. The summed E-state index contributed by atoms with van der Waals surface area (Å²) in [7, 11) is 0. The highest BCUT2D eigenvalue weighted by molar-refractivity contribution is 5.73. The Morgan fingerprint density at radius 2 is 2.33 bits per heavy atom. The molecule has 24 heavy (non-hydrogen) atoms. The Kier molecular flexibility index (Phi) is 4.94. The second kappa shape index (κ2) is 7.12. The first kappa shape index (κ1) is 16.6. The number of carbonyl (C=O) groups is 1. The molecule has 2 aromatic rings. The van der Waals surface area contributed by atoms with Crippen LogP contribution < -0.4 is 0 Å². The molecule has 1 unspecified atom stereocenters. The Morgan fingerprint density at radius 1 is 1.50 bits per heavy atom. The summed E-state index contributed by atoms with van der Waals surface area (Å²) < 4.78 is 10.7. The van der Waals surface area contributed by atoms with Gasteiger partial charge in [-0.3, -0.25) is 9.69 Å². The van der Waals surface area contributed by atoms with Crippen molar-refractivity contribution in [2.75, 3.05) is 13.1 Å². The van der Waals surface area contributed by atoms with Gasteiger partial charge in [-0.05, 0) is 6.42 Å². The Morgan fingerprint density at radius 3 is 2.96 bits per heavy atom. The van der Waals surface area contributed by atoms with E-state index in [4.69, 9.17) is 8.94 Å². The van der Waals surface area contributed by atoms with Gasteiger partial charge in [0, 0.05) is 39.4 Å². The average molecular weight is 333 g/mol. The molecule has 1 aliphatic heterocycles. The minimum absolute atomic E-state index is 0.0219. The van der Waals surface area contributed by atoms with E-state index in [2.05, 4.69) is 20.0 Å². The third-order valence-electron chi connectivity index (χ3n) is 4.28. The minimum Gasteiger partial charge on any atom is -0.444 e. The van der Waals surface area contributed by atoms with Crippen molar-refractivity contribution in [3.05, 3.63) is 29.6 Å². The number of aromatic nitrogens is 3. The molecule has 0 aliphatic carbocycles. The molecule has 8 heteroatoms. The second-order valence-electron chi connectivity index (χ2n) is 6.13. The lowest BCUT2D eigenvalue weighted by atomic mass is 10.2. The van der Waals surface area contributed by atoms with E-state index in [-0.39, 0.29) is 11.9 Å². The molecule has 0 bridgehead atoms. The van der Waals surface area contributed by atoms with E-state index in [0.29, 0.717) is 24.8 Å². The van der Waals surface area contributed by atoms with Crippen LogP contribution in [0, 0.1) is 6.92 Å². The van der Waals surface area contributed by atoms with E-state index in [1.54, 1.807) is 20.0 Å². The van der Waals surface area contributed by atoms with Gasteiger partial charge < -0.3 is 13.8 Å². The number of oxazole rings is 1. The van der Waals surface area contributed by atoms with Crippen molar-refractivity contribution in [2.45, 2.75) is 52.7 Å². The summed E-state index contributed by atoms with van der Waals surface area (Å²) in [6, 6.07) is 0.141. The van der Waals surface area contributed by atoms with E-state index in [0.717, 1.165) is 37.6 Å². The van der Waals surface area contributed by atoms with Gasteiger partial charge in [-0.2, -0.15) is 4.98 Å². The SMILES string of the molecule is CCc1cnc(CN2CCC(N(Cc3noc(C)n3)C(C)=O)C2)o1. The molecule has 2 aromatic heterocycles. The number of amides is 1. The third kappa shape index (κ3) is 3.81. The number of likely N-dealkylation sites (tertiary alicyclic amines) is 1. The molecule has 0 aromatic carbocycles. The highest BCUT2D eigenvalue weighted by Gasteiger charge is 2.30. The predicted octanol–water partition coefficient (Wildman–Crippen LogP) is 1.55. The van der Waals surface area contributed by atoms with Crippen molar-refractivity contribution in [2.24, 2.45) is 0 Å². The molecule has 0 N–H and O–H groups in total. The van der Waals surface area contributed by atoms with Gasteiger partial charge in [0.05, 0.1) is 19.3 Å². The van der Waals surface area contributed by atoms with E-state index in [9.17, 15) is 4.79 Å². The zero-order chi connectivity index (χ0) is 17.1. The van der Waals surface area contributed by atoms with E-state index in [1.165, 1.54) is 0 Å². The van der Waals surface area contributed by atoms with E-state index < -0.39 is 0 Å². The average Bonchev–Trinajstić information content (AvgIpc) is 3.26. The largest absolute Gasteiger partial charge is 0.444 e. The number of carbonyl (C=O) groups excluding carboxylic acids is 1. The summed E-state index contributed by atoms with van der Waals surface area (Å²) in [4.78, 5) is 24.6. The minimum atomic E-state index is 0.0219. The number of hydrogen-bond acceptors (Lipinski definition) is 7. The Balaban J connectivity index is 1.60. The number of hydrogen-bond donors (Lipinski definition) is 0. The lowest BCUT2D eigenvalue weighted by molar-refractivity contribution is -0.131. The summed E-state index contributed by atoms with van der Waals surface area (Å²) in [5.41, 5.74) is 0. The Bertz CT molecular complexity index is 695. The molecule has 1 aliphatic rings. The predicted molar refractivity (Wildman–Crippen MR) is 84.8 cm³/mol. The van der Waals surface area contributed by atoms with Crippen molar-refractivity contribution in [1.29, 1.82) is 0 Å². The maximum Gasteiger partial charge on any atom is 0.223 e. The van der Waals surface area contributed by atoms with Crippen LogP contribution in [-0.4, -0.2) is 50.0 Å². The fourth-order valence-electron chi connectivity index (χ4n) is 3.04. The molecular weight excluding hydrogens is 310 g/mol. The zero-order valence-electron chi connectivity index (χ0n) is 14.4. The summed E-state index contributed by atoms with van der Waals surface area (Å²) in [6.07, 6.45) is 3.54. The van der Waals surface area contributed by atoms with Gasteiger partial charge in [0.2, 0.25) is 17.7 Å². The molecule has 1 atom stereocenters. The van der Waals surface area contributed by atoms with Crippen LogP contribution in [0.5, 0.6) is 0 Å². The van der Waals surface area contributed by atoms with Crippen LogP contribution in [0.15, 0.2) is 15.1 Å². The second-order valence-corrected chi connectivity index (χ2v) is 6.13. The maximum atomic E-state index is 12.0. The number of rotatable bonds is 6. The van der Waals surface area contributed by atoms with Gasteiger partial charge in [-0.1, -0.05) is 12.1 Å². The first-order chi connectivity index (χ1) is 11.5. The van der Waals surface area contributed by atoms with Crippen molar-refractivity contribution in [1.82, 2.24) is 24.9 Å². The third-order valence-corrected chi connectivity index (χ3v) is 4.28. The highest BCUT2D eigenvalue weighted by atomic mass is 16.5. The summed E-state index contributed by atoms with van der Waals surface area (Å²) in [6.45, 7) is 8.11. The highest BCUT2D eigenvalue weighted by Crippen LogP contribution is 2.20. The van der Waals surface area contributed by atoms with Crippen LogP contribution in [0.3, 0.4) is 0 Å². The first-order valence-electron chi connectivity index (χ1n) is 8.27. The van der Waals surface area contributed by atoms with Gasteiger partial charge in [0.15, 0.2) is 5.82 Å². The number of nitrogens with zero attached hydrogens (tertiary/aromatic N) is 5. The van der Waals surface area contributed by atoms with Crippen molar-refractivity contribution in [3.63, 3.8) is 0 Å². The van der Waals surface area contributed by atoms with Crippen molar-refractivity contribution >= 4 is 5.91 Å². The van der Waals surface area contributed by atoms with Crippen LogP contribution >= 0.6 is 0 Å². The van der Waals surface area contributed by atoms with Gasteiger partial charge in [-0.15, -0.1) is 0 Å². The molecule has 3 heterocycles. The number of aryl methyl sites for hydroxylation is 2. The lowest BCUT2D eigenvalue weighted by Crippen LogP contribution is -2.40. The first-order valence-corrected chi connectivity index (χ1v) is 8.27. The molecule has 0 saturated carbocycles. The quantitative estimate of drug-likeness (QED) is 0.792. The molecule has 1 amide bonds. The van der Waals surface area contributed by atoms with Crippen molar-refractivity contribution < 1.29 is 13.7 Å². The molecule has 1 fully saturated rings. The Labute approximate surface area is 140 Å². The van der Waals surface area contributed by atoms with Crippen LogP contribution in [0.2, 0.25) is 0 Å². The van der Waals surface area contributed by atoms with Gasteiger partial charge in [-0.25, -0.2) is 4.98 Å². The molecule has 8 nitrogen and oxygen atoms in total. The van der Waals surface area contributed by atoms with Gasteiger partial charge >= 0.3 is 0 Å². The lowest BCUT2D eigenvalue weighted by Gasteiger charge is -2.26. The monoisotopic (exact) mass is 333 g/mol. The molecule has 3 rings (SSSR count). The van der Waals surface area contributed by atoms with Crippen LogP contribution in [-0.2, 0) is 24.3 Å². The van der Waals surface area contributed by atoms with Crippen LogP contribution in [0.4, 0.5) is 0 Å². The smallest absolute Gasteiger partial charge is 0.223 e. The maximum absolute atomic E-state index is 12.0. The van der Waals surface area contributed by atoms with Gasteiger partial charge in [0.1, 0.15) is 5.76 Å². The Hall–Kier alpha value is -2.22. The fraction of sp³-hybridized carbons (Fsp3) is 0.625. The van der Waals surface area contributed by atoms with E-state index in [1.807, 2.05) is 11.8 Å². The molecule has 0 spiro atoms. The standard InChI is InChI=1S/C16H23N5O3/c1-4-14-7-17-16(23-14)10-20-6-5-13(8-20)21(12(3)22)9-15-18-11(2)24-19-15/h7,13H,4-6,8-10H2,1-3H3. The summed E-state index contributed by atoms with van der Waals surface area (Å²) >= 11 is 0. The molecule has 0 radical (unpaired) electrons. The van der Waals surface area contributed by atoms with Crippen molar-refractivity contribution in [3.8, 4) is 0 Å². The van der Waals surface area contributed by atoms with Gasteiger partial charge in [0.25, 0.3) is 0 Å². The topological polar surface area (TPSA) is 88.5 Å². The van der Waals surface area contributed by atoms with Crippen LogP contribution in [0.25, 0.3) is 0 Å². The van der Waals surface area contributed by atoms with E-state index >= 15 is 0 Å². The normalized spacial score (nSPS) is 18.2.